The van der Waals surface area contributed by atoms with Crippen molar-refractivity contribution in [3.05, 3.63) is 102 Å². The second kappa shape index (κ2) is 18.2. The number of H-pyrrole nitrogens is 1. The number of aromatic amines is 1. The molecular weight excluding hydrogens is 638 g/mol. The molecule has 264 valence electrons. The fourth-order valence-electron chi connectivity index (χ4n) is 5.70. The second-order valence-corrected chi connectivity index (χ2v) is 12.2. The zero-order chi connectivity index (χ0) is 36.0. The number of phenols is 1. The van der Waals surface area contributed by atoms with Crippen molar-refractivity contribution < 1.29 is 29.1 Å². The Morgan fingerprint density at radius 3 is 1.90 bits per heavy atom. The molecule has 4 aromatic rings. The average Bonchev–Trinajstić information content (AvgIpc) is 3.50. The number of hydrogen-bond donors (Lipinski definition) is 8. The van der Waals surface area contributed by atoms with Gasteiger partial charge in [0.05, 0.1) is 0 Å². The van der Waals surface area contributed by atoms with Crippen molar-refractivity contribution in [3.8, 4) is 5.75 Å². The predicted molar refractivity (Wildman–Crippen MR) is 189 cm³/mol. The van der Waals surface area contributed by atoms with Crippen molar-refractivity contribution in [2.75, 3.05) is 6.54 Å². The summed E-state index contributed by atoms with van der Waals surface area (Å²) in [5.41, 5.74) is 14.4. The molecule has 13 nitrogen and oxygen atoms in total. The third kappa shape index (κ3) is 10.9. The summed E-state index contributed by atoms with van der Waals surface area (Å²) >= 11 is 0. The van der Waals surface area contributed by atoms with Gasteiger partial charge in [0.25, 0.3) is 0 Å². The first kappa shape index (κ1) is 37.1. The third-order valence-electron chi connectivity index (χ3n) is 8.32. The van der Waals surface area contributed by atoms with Gasteiger partial charge in [0, 0.05) is 43.3 Å². The van der Waals surface area contributed by atoms with Gasteiger partial charge in [0.1, 0.15) is 29.9 Å². The summed E-state index contributed by atoms with van der Waals surface area (Å²) in [5.74, 6) is -2.97. The van der Waals surface area contributed by atoms with Gasteiger partial charge in [-0.15, -0.1) is 0 Å². The van der Waals surface area contributed by atoms with Crippen molar-refractivity contribution in [3.63, 3.8) is 0 Å². The van der Waals surface area contributed by atoms with E-state index in [1.54, 1.807) is 18.3 Å². The van der Waals surface area contributed by atoms with E-state index in [0.29, 0.717) is 24.9 Å². The fraction of sp³-hybridized carbons (Fsp3) is 0.324. The first-order chi connectivity index (χ1) is 24.0. The Balaban J connectivity index is 1.58. The molecule has 50 heavy (non-hydrogen) atoms. The summed E-state index contributed by atoms with van der Waals surface area (Å²) in [7, 11) is 0. The van der Waals surface area contributed by atoms with E-state index in [0.717, 1.165) is 22.0 Å². The Kier molecular flexibility index (Phi) is 13.5. The van der Waals surface area contributed by atoms with Crippen molar-refractivity contribution in [2.45, 2.75) is 69.6 Å². The first-order valence-electron chi connectivity index (χ1n) is 16.6. The van der Waals surface area contributed by atoms with Gasteiger partial charge in [0.2, 0.25) is 29.5 Å². The zero-order valence-corrected chi connectivity index (χ0v) is 28.0. The maximum absolute atomic E-state index is 14.1. The number of fused-ring (bicyclic) bond motifs is 1. The normalized spacial score (nSPS) is 13.4. The molecule has 0 spiro atoms. The van der Waals surface area contributed by atoms with Gasteiger partial charge in [0.15, 0.2) is 0 Å². The molecule has 0 aliphatic heterocycles. The highest BCUT2D eigenvalue weighted by Gasteiger charge is 2.31. The van der Waals surface area contributed by atoms with Gasteiger partial charge in [-0.3, -0.25) is 24.0 Å². The summed E-state index contributed by atoms with van der Waals surface area (Å²) in [4.78, 5) is 69.2. The molecule has 1 heterocycles. The van der Waals surface area contributed by atoms with Crippen LogP contribution in [0.1, 0.15) is 42.9 Å². The summed E-state index contributed by atoms with van der Waals surface area (Å²) in [5, 5.41) is 21.5. The van der Waals surface area contributed by atoms with E-state index in [-0.39, 0.29) is 31.4 Å². The number of carbonyl (C=O) groups is 5. The highest BCUT2D eigenvalue weighted by molar-refractivity contribution is 5.96. The number of hydrogen-bond acceptors (Lipinski definition) is 7. The molecule has 0 aliphatic rings. The lowest BCUT2D eigenvalue weighted by molar-refractivity contribution is -0.134. The Morgan fingerprint density at radius 1 is 0.680 bits per heavy atom. The van der Waals surface area contributed by atoms with Crippen molar-refractivity contribution in [1.29, 1.82) is 0 Å². The summed E-state index contributed by atoms with van der Waals surface area (Å²) in [6.07, 6.45) is 3.37. The standard InChI is InChI=1S/C37H45N7O6/c1-23(45)41-32(20-24-9-3-2-4-10-24)36(49)44-33(21-26-22-40-29-12-6-5-11-28(26)29)37(50)42-30(13-7-8-18-38)35(48)43-31(34(39)47)19-25-14-16-27(46)17-15-25/h2-6,9-12,14-17,22,30-33,40,46H,7-8,13,18-21,38H2,1H3,(H2,39,47)(H,41,45)(H,42,50)(H,43,48)(H,44,49)/t30-,31-,32-,33-/m0/s1. The van der Waals surface area contributed by atoms with Crippen LogP contribution in [0.5, 0.6) is 5.75 Å². The molecule has 0 radical (unpaired) electrons. The molecule has 0 fully saturated rings. The lowest BCUT2D eigenvalue weighted by Crippen LogP contribution is -2.59. The molecule has 5 amide bonds. The van der Waals surface area contributed by atoms with Crippen molar-refractivity contribution >= 4 is 40.4 Å². The molecular formula is C37H45N7O6. The smallest absolute Gasteiger partial charge is 0.243 e. The molecule has 0 bridgehead atoms. The monoisotopic (exact) mass is 683 g/mol. The molecule has 4 rings (SSSR count). The molecule has 0 aliphatic carbocycles. The van der Waals surface area contributed by atoms with Crippen LogP contribution in [0.4, 0.5) is 0 Å². The number of amides is 5. The highest BCUT2D eigenvalue weighted by atomic mass is 16.3. The van der Waals surface area contributed by atoms with Gasteiger partial charge in [-0.05, 0) is 60.7 Å². The van der Waals surface area contributed by atoms with E-state index in [4.69, 9.17) is 11.5 Å². The molecule has 0 saturated carbocycles. The van der Waals surface area contributed by atoms with Crippen LogP contribution < -0.4 is 32.7 Å². The van der Waals surface area contributed by atoms with Gasteiger partial charge < -0.3 is 42.8 Å². The maximum atomic E-state index is 14.1. The van der Waals surface area contributed by atoms with Crippen LogP contribution in [0.2, 0.25) is 0 Å². The topological polar surface area (TPSA) is 222 Å². The van der Waals surface area contributed by atoms with Gasteiger partial charge in [-0.2, -0.15) is 0 Å². The van der Waals surface area contributed by atoms with Crippen LogP contribution in [0.15, 0.2) is 85.1 Å². The number of para-hydroxylation sites is 1. The SMILES string of the molecule is CC(=O)N[C@@H](Cc1ccccc1)C(=O)N[C@@H](Cc1c[nH]c2ccccc12)C(=O)N[C@@H](CCCCN)C(=O)N[C@@H](Cc1ccc(O)cc1)C(N)=O. The Morgan fingerprint density at radius 2 is 1.24 bits per heavy atom. The van der Waals surface area contributed by atoms with Gasteiger partial charge in [-0.25, -0.2) is 0 Å². The highest BCUT2D eigenvalue weighted by Crippen LogP contribution is 2.20. The van der Waals surface area contributed by atoms with Gasteiger partial charge >= 0.3 is 0 Å². The molecule has 3 aromatic carbocycles. The number of benzene rings is 3. The minimum Gasteiger partial charge on any atom is -0.508 e. The Labute approximate surface area is 290 Å². The van der Waals surface area contributed by atoms with Crippen LogP contribution in [-0.4, -0.2) is 70.3 Å². The number of primary amides is 1. The zero-order valence-electron chi connectivity index (χ0n) is 28.0. The lowest BCUT2D eigenvalue weighted by Gasteiger charge is -2.26. The Hall–Kier alpha value is -5.69. The van der Waals surface area contributed by atoms with Crippen LogP contribution >= 0.6 is 0 Å². The van der Waals surface area contributed by atoms with E-state index in [1.807, 2.05) is 54.6 Å². The Bertz CT molecular complexity index is 1760. The molecule has 0 unspecified atom stereocenters. The first-order valence-corrected chi connectivity index (χ1v) is 16.6. The lowest BCUT2D eigenvalue weighted by atomic mass is 10.0. The maximum Gasteiger partial charge on any atom is 0.243 e. The minimum atomic E-state index is -1.15. The summed E-state index contributed by atoms with van der Waals surface area (Å²) < 4.78 is 0. The van der Waals surface area contributed by atoms with E-state index in [2.05, 4.69) is 26.3 Å². The largest absolute Gasteiger partial charge is 0.508 e. The minimum absolute atomic E-state index is 0.0498. The molecule has 10 N–H and O–H groups in total. The molecule has 13 heteroatoms. The molecule has 4 atom stereocenters. The van der Waals surface area contributed by atoms with E-state index < -0.39 is 53.7 Å². The van der Waals surface area contributed by atoms with Crippen LogP contribution in [0.25, 0.3) is 10.9 Å². The number of aromatic nitrogens is 1. The van der Waals surface area contributed by atoms with Crippen molar-refractivity contribution in [2.24, 2.45) is 11.5 Å². The van der Waals surface area contributed by atoms with Gasteiger partial charge in [-0.1, -0.05) is 60.7 Å². The number of unbranched alkanes of at least 4 members (excludes halogenated alkanes) is 1. The summed E-state index contributed by atoms with van der Waals surface area (Å²) in [6, 6.07) is 18.5. The molecule has 0 saturated heterocycles. The summed E-state index contributed by atoms with van der Waals surface area (Å²) in [6.45, 7) is 1.69. The number of carbonyl (C=O) groups excluding carboxylic acids is 5. The van der Waals surface area contributed by atoms with Crippen LogP contribution in [0.3, 0.4) is 0 Å². The van der Waals surface area contributed by atoms with E-state index >= 15 is 0 Å². The predicted octanol–water partition coefficient (Wildman–Crippen LogP) is 1.47. The average molecular weight is 684 g/mol. The van der Waals surface area contributed by atoms with Crippen molar-refractivity contribution in [1.82, 2.24) is 26.3 Å². The van der Waals surface area contributed by atoms with Crippen LogP contribution in [0, 0.1) is 0 Å². The van der Waals surface area contributed by atoms with E-state index in [1.165, 1.54) is 19.1 Å². The number of rotatable bonds is 18. The number of nitrogens with one attached hydrogen (secondary N) is 5. The second-order valence-electron chi connectivity index (χ2n) is 12.2. The molecule has 1 aromatic heterocycles. The number of aromatic hydroxyl groups is 1. The number of nitrogens with two attached hydrogens (primary N) is 2. The van der Waals surface area contributed by atoms with Crippen LogP contribution in [-0.2, 0) is 43.2 Å². The quantitative estimate of drug-likeness (QED) is 0.0721. The van der Waals surface area contributed by atoms with E-state index in [9.17, 15) is 29.1 Å². The fourth-order valence-corrected chi connectivity index (χ4v) is 5.70. The third-order valence-corrected chi connectivity index (χ3v) is 8.32. The number of phenolic OH excluding ortho intramolecular Hbond substituents is 1.